The molecule has 1 aromatic heterocycles. The van der Waals surface area contributed by atoms with Crippen LogP contribution in [0.3, 0.4) is 0 Å². The fourth-order valence-corrected chi connectivity index (χ4v) is 3.76. The van der Waals surface area contributed by atoms with Crippen molar-refractivity contribution in [3.8, 4) is 11.3 Å². The molecule has 2 aliphatic heterocycles. The lowest BCUT2D eigenvalue weighted by molar-refractivity contribution is 0.0951. The molecule has 0 aliphatic carbocycles. The van der Waals surface area contributed by atoms with Gasteiger partial charge >= 0.3 is 0 Å². The minimum atomic E-state index is -0.135. The first kappa shape index (κ1) is 19.0. The van der Waals surface area contributed by atoms with Crippen LogP contribution < -0.4 is 10.2 Å². The molecule has 150 valence electrons. The zero-order valence-corrected chi connectivity index (χ0v) is 16.1. The minimum Gasteiger partial charge on any atom is -0.381 e. The van der Waals surface area contributed by atoms with Crippen molar-refractivity contribution in [3.05, 3.63) is 35.9 Å². The van der Waals surface area contributed by atoms with Crippen molar-refractivity contribution in [2.75, 3.05) is 51.0 Å². The van der Waals surface area contributed by atoms with Crippen molar-refractivity contribution in [1.82, 2.24) is 10.5 Å². The maximum Gasteiger partial charge on any atom is 0.259 e. The standard InChI is InChI=1S/C21H27N3O4/c25-21(22-9-4-5-16-8-12-27-15-16)18-19(17-6-2-1-3-7-17)28-23-20(18)24-10-13-26-14-11-24/h1-3,6-7,16H,4-5,8-15H2,(H,22,25). The van der Waals surface area contributed by atoms with Gasteiger partial charge in [0.25, 0.3) is 5.91 Å². The summed E-state index contributed by atoms with van der Waals surface area (Å²) < 4.78 is 16.5. The summed E-state index contributed by atoms with van der Waals surface area (Å²) in [5.41, 5.74) is 1.36. The van der Waals surface area contributed by atoms with Crippen LogP contribution in [0.4, 0.5) is 5.82 Å². The Bertz CT molecular complexity index is 765. The van der Waals surface area contributed by atoms with Crippen LogP contribution in [-0.4, -0.2) is 57.1 Å². The quantitative estimate of drug-likeness (QED) is 0.739. The number of rotatable bonds is 7. The summed E-state index contributed by atoms with van der Waals surface area (Å²) in [7, 11) is 0. The second-order valence-electron chi connectivity index (χ2n) is 7.30. The van der Waals surface area contributed by atoms with Crippen molar-refractivity contribution < 1.29 is 18.8 Å². The van der Waals surface area contributed by atoms with E-state index in [0.717, 1.165) is 38.0 Å². The van der Waals surface area contributed by atoms with E-state index in [9.17, 15) is 4.79 Å². The van der Waals surface area contributed by atoms with Gasteiger partial charge < -0.3 is 24.2 Å². The average molecular weight is 385 g/mol. The predicted octanol–water partition coefficient (Wildman–Crippen LogP) is 2.72. The van der Waals surface area contributed by atoms with Gasteiger partial charge in [-0.3, -0.25) is 4.79 Å². The molecule has 0 saturated carbocycles. The highest BCUT2D eigenvalue weighted by Gasteiger charge is 2.28. The number of anilines is 1. The maximum absolute atomic E-state index is 13.1. The number of aromatic nitrogens is 1. The Hall–Kier alpha value is -2.38. The van der Waals surface area contributed by atoms with E-state index in [-0.39, 0.29) is 5.91 Å². The van der Waals surface area contributed by atoms with Crippen LogP contribution in [0.1, 0.15) is 29.6 Å². The van der Waals surface area contributed by atoms with Crippen LogP contribution >= 0.6 is 0 Å². The normalized spacial score (nSPS) is 19.7. The number of nitrogens with zero attached hydrogens (tertiary/aromatic N) is 2. The summed E-state index contributed by atoms with van der Waals surface area (Å²) in [6.45, 7) is 4.98. The molecule has 4 rings (SSSR count). The number of morpholine rings is 1. The Morgan fingerprint density at radius 2 is 1.96 bits per heavy atom. The number of benzene rings is 1. The van der Waals surface area contributed by atoms with Crippen molar-refractivity contribution in [3.63, 3.8) is 0 Å². The van der Waals surface area contributed by atoms with E-state index < -0.39 is 0 Å². The minimum absolute atomic E-state index is 0.135. The zero-order chi connectivity index (χ0) is 19.2. The van der Waals surface area contributed by atoms with Gasteiger partial charge in [-0.05, 0) is 25.2 Å². The van der Waals surface area contributed by atoms with Crippen LogP contribution in [0.15, 0.2) is 34.9 Å². The van der Waals surface area contributed by atoms with Gasteiger partial charge in [0.15, 0.2) is 11.6 Å². The first-order chi connectivity index (χ1) is 13.8. The molecule has 1 unspecified atom stereocenters. The molecule has 2 fully saturated rings. The molecule has 28 heavy (non-hydrogen) atoms. The number of carbonyl (C=O) groups excluding carboxylic acids is 1. The molecule has 2 saturated heterocycles. The highest BCUT2D eigenvalue weighted by Crippen LogP contribution is 2.31. The third-order valence-corrected chi connectivity index (χ3v) is 5.35. The molecule has 0 radical (unpaired) electrons. The van der Waals surface area contributed by atoms with Gasteiger partial charge in [0.05, 0.1) is 13.2 Å². The van der Waals surface area contributed by atoms with Gasteiger partial charge in [0, 0.05) is 38.4 Å². The number of hydrogen-bond donors (Lipinski definition) is 1. The number of ether oxygens (including phenoxy) is 2. The molecule has 2 aliphatic rings. The molecule has 0 bridgehead atoms. The van der Waals surface area contributed by atoms with Gasteiger partial charge in [-0.15, -0.1) is 0 Å². The summed E-state index contributed by atoms with van der Waals surface area (Å²) in [6.07, 6.45) is 3.14. The summed E-state index contributed by atoms with van der Waals surface area (Å²) in [5, 5.41) is 7.31. The fraction of sp³-hybridized carbons (Fsp3) is 0.524. The van der Waals surface area contributed by atoms with Crippen molar-refractivity contribution in [2.45, 2.75) is 19.3 Å². The van der Waals surface area contributed by atoms with Gasteiger partial charge in [-0.1, -0.05) is 35.5 Å². The van der Waals surface area contributed by atoms with E-state index in [1.54, 1.807) is 0 Å². The molecule has 0 spiro atoms. The summed E-state index contributed by atoms with van der Waals surface area (Å²) in [5.74, 6) is 1.60. The molecule has 1 N–H and O–H groups in total. The molecule has 2 aromatic rings. The summed E-state index contributed by atoms with van der Waals surface area (Å²) >= 11 is 0. The third kappa shape index (κ3) is 4.36. The van der Waals surface area contributed by atoms with Crippen LogP contribution in [0.25, 0.3) is 11.3 Å². The molecule has 1 aromatic carbocycles. The second kappa shape index (κ2) is 9.21. The maximum atomic E-state index is 13.1. The molecule has 1 atom stereocenters. The van der Waals surface area contributed by atoms with E-state index in [1.807, 2.05) is 30.3 Å². The number of hydrogen-bond acceptors (Lipinski definition) is 6. The van der Waals surface area contributed by atoms with E-state index in [2.05, 4.69) is 15.4 Å². The van der Waals surface area contributed by atoms with Gasteiger partial charge in [-0.25, -0.2) is 0 Å². The van der Waals surface area contributed by atoms with Crippen molar-refractivity contribution in [2.24, 2.45) is 5.92 Å². The highest BCUT2D eigenvalue weighted by molar-refractivity contribution is 6.04. The third-order valence-electron chi connectivity index (χ3n) is 5.35. The molecule has 1 amide bonds. The lowest BCUT2D eigenvalue weighted by atomic mass is 10.0. The van der Waals surface area contributed by atoms with Crippen molar-refractivity contribution >= 4 is 11.7 Å². The summed E-state index contributed by atoms with van der Waals surface area (Å²) in [4.78, 5) is 15.1. The monoisotopic (exact) mass is 385 g/mol. The van der Waals surface area contributed by atoms with E-state index in [4.69, 9.17) is 14.0 Å². The smallest absolute Gasteiger partial charge is 0.259 e. The largest absolute Gasteiger partial charge is 0.381 e. The van der Waals surface area contributed by atoms with Crippen LogP contribution in [-0.2, 0) is 9.47 Å². The molecule has 7 heteroatoms. The molecular formula is C21H27N3O4. The molecule has 3 heterocycles. The number of nitrogens with one attached hydrogen (secondary N) is 1. The highest BCUT2D eigenvalue weighted by atomic mass is 16.5. The van der Waals surface area contributed by atoms with E-state index in [0.29, 0.717) is 55.9 Å². The Morgan fingerprint density at radius 1 is 1.14 bits per heavy atom. The fourth-order valence-electron chi connectivity index (χ4n) is 3.76. The first-order valence-corrected chi connectivity index (χ1v) is 10.1. The molecular weight excluding hydrogens is 358 g/mol. The lowest BCUT2D eigenvalue weighted by Crippen LogP contribution is -2.38. The van der Waals surface area contributed by atoms with Gasteiger partial charge in [-0.2, -0.15) is 0 Å². The van der Waals surface area contributed by atoms with Crippen LogP contribution in [0.5, 0.6) is 0 Å². The van der Waals surface area contributed by atoms with Crippen molar-refractivity contribution in [1.29, 1.82) is 0 Å². The Morgan fingerprint density at radius 3 is 2.71 bits per heavy atom. The van der Waals surface area contributed by atoms with Crippen LogP contribution in [0.2, 0.25) is 0 Å². The van der Waals surface area contributed by atoms with Crippen LogP contribution in [0, 0.1) is 5.92 Å². The van der Waals surface area contributed by atoms with Gasteiger partial charge in [0.2, 0.25) is 0 Å². The number of carbonyl (C=O) groups is 1. The summed E-state index contributed by atoms with van der Waals surface area (Å²) in [6, 6.07) is 9.66. The average Bonchev–Trinajstić information content (AvgIpc) is 3.42. The Balaban J connectivity index is 1.49. The molecule has 7 nitrogen and oxygen atoms in total. The second-order valence-corrected chi connectivity index (χ2v) is 7.30. The Kier molecular flexibility index (Phi) is 6.24. The van der Waals surface area contributed by atoms with Gasteiger partial charge in [0.1, 0.15) is 5.56 Å². The predicted molar refractivity (Wildman–Crippen MR) is 105 cm³/mol. The van der Waals surface area contributed by atoms with E-state index >= 15 is 0 Å². The zero-order valence-electron chi connectivity index (χ0n) is 16.1. The van der Waals surface area contributed by atoms with E-state index in [1.165, 1.54) is 0 Å². The first-order valence-electron chi connectivity index (χ1n) is 10.1. The topological polar surface area (TPSA) is 76.8 Å². The number of amides is 1. The lowest BCUT2D eigenvalue weighted by Gasteiger charge is -2.27. The Labute approximate surface area is 165 Å². The SMILES string of the molecule is O=C(NCCCC1CCOC1)c1c(N2CCOCC2)noc1-c1ccccc1.